The molecule has 152 valence electrons. The molecule has 0 spiro atoms. The second-order valence-electron chi connectivity index (χ2n) is 6.86. The van der Waals surface area contributed by atoms with Crippen LogP contribution in [0.1, 0.15) is 5.56 Å². The number of nitrogens with zero attached hydrogens (tertiary/aromatic N) is 2. The fraction of sp³-hybridized carbons (Fsp3) is 0.263. The van der Waals surface area contributed by atoms with Crippen LogP contribution in [0.4, 0.5) is 14.5 Å². The molecule has 0 N–H and O–H groups in total. The third kappa shape index (κ3) is 4.31. The van der Waals surface area contributed by atoms with Crippen molar-refractivity contribution < 1.29 is 22.0 Å². The van der Waals surface area contributed by atoms with E-state index in [2.05, 4.69) is 4.99 Å². The van der Waals surface area contributed by atoms with Gasteiger partial charge in [0.15, 0.2) is 15.0 Å². The van der Waals surface area contributed by atoms with E-state index in [1.165, 1.54) is 48.2 Å². The van der Waals surface area contributed by atoms with Crippen LogP contribution in [0.3, 0.4) is 0 Å². The van der Waals surface area contributed by atoms with Gasteiger partial charge in [0, 0.05) is 10.9 Å². The molecular formula is C19H15ClF2N2O3S2. The molecule has 0 aliphatic carbocycles. The molecule has 0 bridgehead atoms. The van der Waals surface area contributed by atoms with Gasteiger partial charge in [-0.05, 0) is 35.9 Å². The van der Waals surface area contributed by atoms with E-state index in [1.54, 1.807) is 11.0 Å². The minimum Gasteiger partial charge on any atom is -0.315 e. The maximum absolute atomic E-state index is 14.0. The zero-order chi connectivity index (χ0) is 20.8. The van der Waals surface area contributed by atoms with E-state index in [4.69, 9.17) is 11.6 Å². The van der Waals surface area contributed by atoms with E-state index in [0.29, 0.717) is 16.4 Å². The summed E-state index contributed by atoms with van der Waals surface area (Å²) in [6.07, 6.45) is -0.0270. The molecular weight excluding hydrogens is 442 g/mol. The number of rotatable bonds is 3. The zero-order valence-electron chi connectivity index (χ0n) is 14.9. The van der Waals surface area contributed by atoms with Crippen LogP contribution in [-0.4, -0.2) is 42.3 Å². The zero-order valence-corrected chi connectivity index (χ0v) is 17.3. The van der Waals surface area contributed by atoms with Gasteiger partial charge in [-0.2, -0.15) is 4.99 Å². The Hall–Kier alpha value is -1.97. The summed E-state index contributed by atoms with van der Waals surface area (Å²) in [5, 5.41) is -0.0260. The van der Waals surface area contributed by atoms with E-state index >= 15 is 0 Å². The Morgan fingerprint density at radius 1 is 1.17 bits per heavy atom. The Labute approximate surface area is 175 Å². The smallest absolute Gasteiger partial charge is 0.252 e. The van der Waals surface area contributed by atoms with Crippen LogP contribution in [-0.2, 0) is 21.1 Å². The molecule has 0 saturated carbocycles. The monoisotopic (exact) mass is 456 g/mol. The van der Waals surface area contributed by atoms with Crippen molar-refractivity contribution in [1.29, 1.82) is 0 Å². The first kappa shape index (κ1) is 20.3. The highest BCUT2D eigenvalue weighted by molar-refractivity contribution is 8.16. The van der Waals surface area contributed by atoms with Crippen molar-refractivity contribution in [3.05, 3.63) is 64.7 Å². The highest BCUT2D eigenvalue weighted by atomic mass is 35.5. The molecule has 10 heteroatoms. The topological polar surface area (TPSA) is 66.8 Å². The number of hydrogen-bond acceptors (Lipinski definition) is 4. The predicted molar refractivity (Wildman–Crippen MR) is 110 cm³/mol. The molecule has 29 heavy (non-hydrogen) atoms. The van der Waals surface area contributed by atoms with Crippen LogP contribution in [0.5, 0.6) is 0 Å². The maximum atomic E-state index is 14.0. The van der Waals surface area contributed by atoms with E-state index in [0.717, 1.165) is 0 Å². The second kappa shape index (κ2) is 7.70. The molecule has 2 aliphatic heterocycles. The number of carbonyl (C=O) groups is 1. The maximum Gasteiger partial charge on any atom is 0.252 e. The van der Waals surface area contributed by atoms with Gasteiger partial charge in [-0.25, -0.2) is 17.2 Å². The summed E-state index contributed by atoms with van der Waals surface area (Å²) in [7, 11) is -3.23. The highest BCUT2D eigenvalue weighted by Gasteiger charge is 2.49. The van der Waals surface area contributed by atoms with Crippen molar-refractivity contribution in [3.8, 4) is 0 Å². The number of amidine groups is 1. The van der Waals surface area contributed by atoms with Crippen molar-refractivity contribution in [2.45, 2.75) is 17.7 Å². The van der Waals surface area contributed by atoms with Gasteiger partial charge in [0.25, 0.3) is 5.91 Å². The summed E-state index contributed by atoms with van der Waals surface area (Å²) in [5.74, 6) is -1.62. The van der Waals surface area contributed by atoms with Crippen LogP contribution in [0.2, 0.25) is 5.02 Å². The molecule has 2 aromatic rings. The Balaban J connectivity index is 1.65. The van der Waals surface area contributed by atoms with Gasteiger partial charge >= 0.3 is 0 Å². The average molecular weight is 457 g/mol. The minimum absolute atomic E-state index is 0.0270. The number of hydrogen-bond donors (Lipinski definition) is 0. The number of amides is 1. The van der Waals surface area contributed by atoms with E-state index in [9.17, 15) is 22.0 Å². The minimum atomic E-state index is -3.23. The fourth-order valence-corrected chi connectivity index (χ4v) is 7.47. The van der Waals surface area contributed by atoms with E-state index in [1.807, 2.05) is 0 Å². The number of thioether (sulfide) groups is 1. The lowest BCUT2D eigenvalue weighted by molar-refractivity contribution is -0.117. The number of anilines is 1. The van der Waals surface area contributed by atoms with Gasteiger partial charge < -0.3 is 4.90 Å². The van der Waals surface area contributed by atoms with E-state index < -0.39 is 33.4 Å². The van der Waals surface area contributed by atoms with Crippen LogP contribution >= 0.6 is 23.4 Å². The van der Waals surface area contributed by atoms with Crippen molar-refractivity contribution in [1.82, 2.24) is 0 Å². The molecule has 2 heterocycles. The van der Waals surface area contributed by atoms with Crippen LogP contribution in [0.15, 0.2) is 47.5 Å². The molecule has 2 atom stereocenters. The first-order chi connectivity index (χ1) is 13.7. The molecule has 0 aromatic heterocycles. The lowest BCUT2D eigenvalue weighted by Crippen LogP contribution is -2.37. The molecule has 5 nitrogen and oxygen atoms in total. The number of carbonyl (C=O) groups excluding carboxylic acids is 1. The molecule has 4 rings (SSSR count). The van der Waals surface area contributed by atoms with E-state index in [-0.39, 0.29) is 28.2 Å². The Morgan fingerprint density at radius 2 is 1.90 bits per heavy atom. The normalized spacial score (nSPS) is 24.1. The molecule has 2 aliphatic rings. The number of halogens is 3. The molecule has 2 aromatic carbocycles. The standard InChI is InChI=1S/C19H15ClF2N2O3S2/c20-14-6-5-13(8-15(14)22)24-16-9-29(26,27)10-17(16)28-19(24)23-18(25)7-11-1-3-12(21)4-2-11/h1-6,8,16-17H,7,9-10H2. The van der Waals surface area contributed by atoms with Gasteiger partial charge in [-0.15, -0.1) is 0 Å². The third-order valence-electron chi connectivity index (χ3n) is 4.74. The van der Waals surface area contributed by atoms with Crippen LogP contribution < -0.4 is 4.90 Å². The lowest BCUT2D eigenvalue weighted by atomic mass is 10.1. The van der Waals surface area contributed by atoms with Gasteiger partial charge in [0.05, 0.1) is 29.0 Å². The SMILES string of the molecule is O=C(Cc1ccc(F)cc1)N=C1SC2CS(=O)(=O)CC2N1c1ccc(Cl)c(F)c1. The first-order valence-corrected chi connectivity index (χ1v) is 11.8. The molecule has 0 radical (unpaired) electrons. The van der Waals surface area contributed by atoms with Crippen LogP contribution in [0.25, 0.3) is 0 Å². The van der Waals surface area contributed by atoms with Gasteiger partial charge in [0.1, 0.15) is 11.6 Å². The van der Waals surface area contributed by atoms with Crippen molar-refractivity contribution in [2.75, 3.05) is 16.4 Å². The summed E-state index contributed by atoms with van der Waals surface area (Å²) in [6.45, 7) is 0. The molecule has 2 unspecified atom stereocenters. The Kier molecular flexibility index (Phi) is 5.39. The molecule has 2 saturated heterocycles. The highest BCUT2D eigenvalue weighted by Crippen LogP contribution is 2.41. The van der Waals surface area contributed by atoms with Crippen LogP contribution in [0, 0.1) is 11.6 Å². The fourth-order valence-electron chi connectivity index (χ4n) is 3.42. The van der Waals surface area contributed by atoms with Gasteiger partial charge in [-0.3, -0.25) is 4.79 Å². The van der Waals surface area contributed by atoms with Gasteiger partial charge in [-0.1, -0.05) is 35.5 Å². The summed E-state index contributed by atoms with van der Waals surface area (Å²) in [6, 6.07) is 9.24. The number of benzene rings is 2. The van der Waals surface area contributed by atoms with Crippen molar-refractivity contribution in [3.63, 3.8) is 0 Å². The number of fused-ring (bicyclic) bond motifs is 1. The second-order valence-corrected chi connectivity index (χ2v) is 10.6. The summed E-state index contributed by atoms with van der Waals surface area (Å²) in [4.78, 5) is 18.2. The first-order valence-electron chi connectivity index (χ1n) is 8.69. The molecule has 2 fully saturated rings. The summed E-state index contributed by atoms with van der Waals surface area (Å²) in [5.41, 5.74) is 0.993. The van der Waals surface area contributed by atoms with Crippen molar-refractivity contribution in [2.24, 2.45) is 4.99 Å². The predicted octanol–water partition coefficient (Wildman–Crippen LogP) is 3.46. The lowest BCUT2D eigenvalue weighted by Gasteiger charge is -2.24. The third-order valence-corrected chi connectivity index (χ3v) is 8.25. The van der Waals surface area contributed by atoms with Crippen molar-refractivity contribution >= 4 is 50.0 Å². The average Bonchev–Trinajstić information content (AvgIpc) is 3.10. The quantitative estimate of drug-likeness (QED) is 0.707. The largest absolute Gasteiger partial charge is 0.315 e. The number of sulfone groups is 1. The Bertz CT molecular complexity index is 1110. The number of aliphatic imine (C=N–C) groups is 1. The van der Waals surface area contributed by atoms with Gasteiger partial charge in [0.2, 0.25) is 0 Å². The Morgan fingerprint density at radius 3 is 2.59 bits per heavy atom. The summed E-state index contributed by atoms with van der Waals surface area (Å²) < 4.78 is 51.2. The summed E-state index contributed by atoms with van der Waals surface area (Å²) >= 11 is 6.96. The molecule has 1 amide bonds.